The fraction of sp³-hybridized carbons (Fsp3) is 0.583. The molecule has 0 aliphatic rings. The number of rotatable bonds is 6. The molecule has 0 fully saturated rings. The summed E-state index contributed by atoms with van der Waals surface area (Å²) in [6.45, 7) is 3.01. The second kappa shape index (κ2) is 6.89. The molecule has 0 aliphatic carbocycles. The van der Waals surface area contributed by atoms with Gasteiger partial charge in [0.15, 0.2) is 0 Å². The third kappa shape index (κ3) is 4.06. The minimum Gasteiger partial charge on any atom is -0.355 e. The number of carbonyl (C=O) groups is 1. The van der Waals surface area contributed by atoms with Gasteiger partial charge < -0.3 is 15.2 Å². The molecule has 0 unspecified atom stereocenters. The van der Waals surface area contributed by atoms with Gasteiger partial charge in [-0.2, -0.15) is 0 Å². The molecule has 7 nitrogen and oxygen atoms in total. The van der Waals surface area contributed by atoms with E-state index in [2.05, 4.69) is 10.6 Å². The van der Waals surface area contributed by atoms with Crippen molar-refractivity contribution in [1.29, 1.82) is 0 Å². The van der Waals surface area contributed by atoms with Crippen LogP contribution in [-0.2, 0) is 25.4 Å². The lowest BCUT2D eigenvalue weighted by atomic mass is 10.3. The van der Waals surface area contributed by atoms with E-state index in [4.69, 9.17) is 0 Å². The van der Waals surface area contributed by atoms with Gasteiger partial charge in [0.25, 0.3) is 5.56 Å². The molecule has 106 valence electrons. The van der Waals surface area contributed by atoms with Crippen molar-refractivity contribution in [2.75, 3.05) is 13.1 Å². The van der Waals surface area contributed by atoms with E-state index in [1.165, 1.54) is 17.8 Å². The fourth-order valence-electron chi connectivity index (χ4n) is 1.64. The van der Waals surface area contributed by atoms with Crippen LogP contribution in [0.3, 0.4) is 0 Å². The number of hydrogen-bond acceptors (Lipinski definition) is 4. The highest BCUT2D eigenvalue weighted by Crippen LogP contribution is 1.86. The Labute approximate surface area is 111 Å². The highest BCUT2D eigenvalue weighted by molar-refractivity contribution is 5.77. The SMILES string of the molecule is CCCNC(=O)CNCc1cn(C)c(=O)n(C)c1=O. The third-order valence-corrected chi connectivity index (χ3v) is 2.69. The summed E-state index contributed by atoms with van der Waals surface area (Å²) in [4.78, 5) is 34.6. The first-order chi connectivity index (χ1) is 8.97. The first kappa shape index (κ1) is 15.2. The van der Waals surface area contributed by atoms with Gasteiger partial charge in [0, 0.05) is 38.9 Å². The van der Waals surface area contributed by atoms with Gasteiger partial charge in [-0.3, -0.25) is 14.2 Å². The molecule has 0 bridgehead atoms. The Hall–Kier alpha value is -1.89. The number of nitrogens with zero attached hydrogens (tertiary/aromatic N) is 2. The number of amides is 1. The van der Waals surface area contributed by atoms with Gasteiger partial charge >= 0.3 is 5.69 Å². The second-order valence-electron chi connectivity index (χ2n) is 4.37. The molecule has 0 saturated carbocycles. The van der Waals surface area contributed by atoms with Crippen LogP contribution in [0.2, 0.25) is 0 Å². The number of aromatic nitrogens is 2. The summed E-state index contributed by atoms with van der Waals surface area (Å²) in [6.07, 6.45) is 2.37. The minimum atomic E-state index is -0.366. The second-order valence-corrected chi connectivity index (χ2v) is 4.37. The number of carbonyl (C=O) groups excluding carboxylic acids is 1. The lowest BCUT2D eigenvalue weighted by Gasteiger charge is -2.08. The van der Waals surface area contributed by atoms with Crippen molar-refractivity contribution < 1.29 is 4.79 Å². The molecule has 2 N–H and O–H groups in total. The number of aryl methyl sites for hydroxylation is 1. The smallest absolute Gasteiger partial charge is 0.330 e. The molecule has 1 rings (SSSR count). The molecule has 1 aromatic heterocycles. The molecule has 1 aromatic rings. The van der Waals surface area contributed by atoms with E-state index in [0.717, 1.165) is 11.0 Å². The fourth-order valence-corrected chi connectivity index (χ4v) is 1.64. The van der Waals surface area contributed by atoms with Gasteiger partial charge in [0.05, 0.1) is 6.54 Å². The van der Waals surface area contributed by atoms with Crippen molar-refractivity contribution in [2.45, 2.75) is 19.9 Å². The average molecular weight is 268 g/mol. The van der Waals surface area contributed by atoms with Crippen LogP contribution in [-0.4, -0.2) is 28.1 Å². The maximum Gasteiger partial charge on any atom is 0.330 e. The summed E-state index contributed by atoms with van der Waals surface area (Å²) in [7, 11) is 3.02. The Morgan fingerprint density at radius 3 is 2.63 bits per heavy atom. The van der Waals surface area contributed by atoms with E-state index >= 15 is 0 Å². The van der Waals surface area contributed by atoms with Crippen molar-refractivity contribution in [1.82, 2.24) is 19.8 Å². The molecule has 19 heavy (non-hydrogen) atoms. The maximum atomic E-state index is 11.8. The van der Waals surface area contributed by atoms with Crippen LogP contribution >= 0.6 is 0 Å². The van der Waals surface area contributed by atoms with Crippen LogP contribution in [0.1, 0.15) is 18.9 Å². The van der Waals surface area contributed by atoms with Crippen molar-refractivity contribution in [3.8, 4) is 0 Å². The van der Waals surface area contributed by atoms with Crippen LogP contribution in [0.5, 0.6) is 0 Å². The quantitative estimate of drug-likeness (QED) is 0.671. The lowest BCUT2D eigenvalue weighted by Crippen LogP contribution is -2.40. The maximum absolute atomic E-state index is 11.8. The van der Waals surface area contributed by atoms with E-state index in [1.54, 1.807) is 7.05 Å². The molecular weight excluding hydrogens is 248 g/mol. The van der Waals surface area contributed by atoms with Crippen LogP contribution < -0.4 is 21.9 Å². The zero-order chi connectivity index (χ0) is 14.4. The highest BCUT2D eigenvalue weighted by atomic mass is 16.2. The zero-order valence-electron chi connectivity index (χ0n) is 11.5. The summed E-state index contributed by atoms with van der Waals surface area (Å²) < 4.78 is 2.39. The monoisotopic (exact) mass is 268 g/mol. The zero-order valence-corrected chi connectivity index (χ0v) is 11.5. The van der Waals surface area contributed by atoms with Crippen molar-refractivity contribution in [2.24, 2.45) is 14.1 Å². The van der Waals surface area contributed by atoms with Gasteiger partial charge in [0.2, 0.25) is 5.91 Å². The summed E-state index contributed by atoms with van der Waals surface area (Å²) in [5, 5.41) is 5.61. The molecule has 0 radical (unpaired) electrons. The van der Waals surface area contributed by atoms with E-state index in [0.29, 0.717) is 12.1 Å². The predicted octanol–water partition coefficient (Wildman–Crippen LogP) is -1.30. The van der Waals surface area contributed by atoms with E-state index < -0.39 is 0 Å². The van der Waals surface area contributed by atoms with Gasteiger partial charge in [0.1, 0.15) is 0 Å². The Bertz CT molecular complexity index is 559. The van der Waals surface area contributed by atoms with Crippen LogP contribution in [0, 0.1) is 0 Å². The Balaban J connectivity index is 2.62. The van der Waals surface area contributed by atoms with Crippen molar-refractivity contribution >= 4 is 5.91 Å². The number of hydrogen-bond donors (Lipinski definition) is 2. The van der Waals surface area contributed by atoms with Crippen LogP contribution in [0.4, 0.5) is 0 Å². The van der Waals surface area contributed by atoms with E-state index in [-0.39, 0.29) is 30.2 Å². The first-order valence-corrected chi connectivity index (χ1v) is 6.20. The summed E-state index contributed by atoms with van der Waals surface area (Å²) in [6, 6.07) is 0. The topological polar surface area (TPSA) is 85.1 Å². The molecule has 0 aliphatic heterocycles. The van der Waals surface area contributed by atoms with E-state index in [1.807, 2.05) is 6.92 Å². The molecular formula is C12H20N4O3. The average Bonchev–Trinajstić information content (AvgIpc) is 2.39. The van der Waals surface area contributed by atoms with Crippen molar-refractivity contribution in [3.05, 3.63) is 32.6 Å². The Kier molecular flexibility index (Phi) is 5.50. The summed E-state index contributed by atoms with van der Waals surface area (Å²) >= 11 is 0. The Morgan fingerprint density at radius 1 is 1.32 bits per heavy atom. The van der Waals surface area contributed by atoms with Crippen LogP contribution in [0.25, 0.3) is 0 Å². The first-order valence-electron chi connectivity index (χ1n) is 6.20. The number of nitrogens with one attached hydrogen (secondary N) is 2. The highest BCUT2D eigenvalue weighted by Gasteiger charge is 2.07. The predicted molar refractivity (Wildman–Crippen MR) is 71.9 cm³/mol. The Morgan fingerprint density at radius 2 is 2.00 bits per heavy atom. The summed E-state index contributed by atoms with van der Waals surface area (Å²) in [5.41, 5.74) is -0.258. The molecule has 7 heteroatoms. The standard InChI is InChI=1S/C12H20N4O3/c1-4-5-14-10(17)7-13-6-9-8-15(2)12(19)16(3)11(9)18/h8,13H,4-7H2,1-3H3,(H,14,17). The largest absolute Gasteiger partial charge is 0.355 e. The van der Waals surface area contributed by atoms with Gasteiger partial charge in [-0.1, -0.05) is 6.92 Å². The third-order valence-electron chi connectivity index (χ3n) is 2.69. The molecule has 1 amide bonds. The molecule has 0 aromatic carbocycles. The van der Waals surface area contributed by atoms with Gasteiger partial charge in [-0.15, -0.1) is 0 Å². The molecule has 0 atom stereocenters. The molecule has 0 spiro atoms. The lowest BCUT2D eigenvalue weighted by molar-refractivity contribution is -0.120. The van der Waals surface area contributed by atoms with Gasteiger partial charge in [-0.05, 0) is 6.42 Å². The molecule has 0 saturated heterocycles. The molecule has 1 heterocycles. The summed E-state index contributed by atoms with van der Waals surface area (Å²) in [5.74, 6) is -0.108. The van der Waals surface area contributed by atoms with Crippen molar-refractivity contribution in [3.63, 3.8) is 0 Å². The minimum absolute atomic E-state index is 0.108. The van der Waals surface area contributed by atoms with Crippen LogP contribution in [0.15, 0.2) is 15.8 Å². The van der Waals surface area contributed by atoms with Gasteiger partial charge in [-0.25, -0.2) is 4.79 Å². The van der Waals surface area contributed by atoms with E-state index in [9.17, 15) is 14.4 Å². The normalized spacial score (nSPS) is 10.5.